The molecule has 94 valence electrons. The molecule has 1 amide bonds. The van der Waals surface area contributed by atoms with Crippen LogP contribution in [0.15, 0.2) is 10.7 Å². The molecule has 1 aliphatic rings. The molecule has 0 saturated carbocycles. The third-order valence-corrected chi connectivity index (χ3v) is 3.41. The predicted molar refractivity (Wildman–Crippen MR) is 62.7 cm³/mol. The number of amides is 1. The van der Waals surface area contributed by atoms with Gasteiger partial charge in [-0.25, -0.2) is 0 Å². The lowest BCUT2D eigenvalue weighted by atomic mass is 10.1. The highest BCUT2D eigenvalue weighted by Crippen LogP contribution is 2.25. The van der Waals surface area contributed by atoms with Crippen molar-refractivity contribution < 1.29 is 18.9 Å². The van der Waals surface area contributed by atoms with Crippen molar-refractivity contribution in [2.24, 2.45) is 0 Å². The van der Waals surface area contributed by atoms with Crippen LogP contribution in [0.1, 0.15) is 13.8 Å². The molecule has 1 aromatic heterocycles. The van der Waals surface area contributed by atoms with E-state index < -0.39 is 5.54 Å². The molecule has 9 heteroatoms. The molecule has 1 fully saturated rings. The van der Waals surface area contributed by atoms with Crippen molar-refractivity contribution in [2.75, 3.05) is 10.8 Å². The van der Waals surface area contributed by atoms with Crippen molar-refractivity contribution in [2.45, 2.75) is 19.4 Å². The van der Waals surface area contributed by atoms with Crippen LogP contribution >= 0.6 is 24.2 Å². The molecule has 0 aromatic carbocycles. The normalized spacial score (nSPS) is 19.1. The number of nitrogens with one attached hydrogen (secondary N) is 1. The molecule has 2 rings (SSSR count). The zero-order valence-electron chi connectivity index (χ0n) is 9.17. The summed E-state index contributed by atoms with van der Waals surface area (Å²) in [5.74, 6) is -0.336. The van der Waals surface area contributed by atoms with Gasteiger partial charge in [-0.2, -0.15) is 0 Å². The van der Waals surface area contributed by atoms with E-state index in [0.29, 0.717) is 0 Å². The van der Waals surface area contributed by atoms with Crippen LogP contribution in [0.4, 0.5) is 5.88 Å². The van der Waals surface area contributed by atoms with E-state index in [2.05, 4.69) is 9.79 Å². The highest BCUT2D eigenvalue weighted by molar-refractivity contribution is 8.14. The van der Waals surface area contributed by atoms with Crippen LogP contribution in [-0.4, -0.2) is 27.6 Å². The molecular weight excluding hydrogens is 268 g/mol. The molecule has 1 N–H and O–H groups in total. The number of rotatable bonds is 1. The third kappa shape index (κ3) is 2.22. The largest absolute Gasteiger partial charge is 0.660 e. The zero-order chi connectivity index (χ0) is 11.9. The molecule has 0 atom stereocenters. The van der Waals surface area contributed by atoms with Crippen molar-refractivity contribution in [1.29, 1.82) is 0 Å². The van der Waals surface area contributed by atoms with Crippen molar-refractivity contribution in [3.63, 3.8) is 0 Å². The van der Waals surface area contributed by atoms with Crippen LogP contribution in [0.2, 0.25) is 0 Å². The fourth-order valence-electron chi connectivity index (χ4n) is 1.47. The highest BCUT2D eigenvalue weighted by Gasteiger charge is 2.50. The number of thioether (sulfide) groups is 1. The lowest BCUT2D eigenvalue weighted by molar-refractivity contribution is -0.754. The first-order valence-electron chi connectivity index (χ1n) is 4.54. The molecule has 0 spiro atoms. The first kappa shape index (κ1) is 13.8. The molecule has 7 nitrogen and oxygen atoms in total. The minimum atomic E-state index is -0.992. The van der Waals surface area contributed by atoms with Crippen molar-refractivity contribution in [1.82, 2.24) is 5.27 Å². The molecule has 0 unspecified atom stereocenters. The zero-order valence-corrected chi connectivity index (χ0v) is 10.8. The van der Waals surface area contributed by atoms with Crippen LogP contribution in [0.5, 0.6) is 0 Å². The second kappa shape index (κ2) is 4.53. The van der Waals surface area contributed by atoms with Gasteiger partial charge in [-0.15, -0.1) is 12.4 Å². The Balaban J connectivity index is 0.00000144. The summed E-state index contributed by atoms with van der Waals surface area (Å²) in [6.45, 7) is 3.26. The molecule has 0 bridgehead atoms. The van der Waals surface area contributed by atoms with Gasteiger partial charge in [0.15, 0.2) is 5.54 Å². The summed E-state index contributed by atoms with van der Waals surface area (Å²) in [5.41, 5.74) is 6.21. The molecular formula is C8H11ClN4O3S. The van der Waals surface area contributed by atoms with Crippen LogP contribution < -0.4 is 9.80 Å². The number of hydrogen-bond acceptors (Lipinski definition) is 5. The summed E-state index contributed by atoms with van der Waals surface area (Å²) in [6.07, 6.45) is 1.24. The molecule has 1 aliphatic heterocycles. The standard InChI is InChI=1S/C8H10N4O3S.ClH/c1-8(2)7(14)16-4-6(13)12(8)11-3-5(9)15-10-11;/h3H,4H2,1-2H3,(H-,9,10);1H. The number of hydrogen-bond donors (Lipinski definition) is 0. The quantitative estimate of drug-likeness (QED) is 0.701. The van der Waals surface area contributed by atoms with Crippen molar-refractivity contribution in [3.05, 3.63) is 11.9 Å². The summed E-state index contributed by atoms with van der Waals surface area (Å²) in [6, 6.07) is 0. The van der Waals surface area contributed by atoms with Gasteiger partial charge in [0.25, 0.3) is 12.1 Å². The summed E-state index contributed by atoms with van der Waals surface area (Å²) in [4.78, 5) is 24.6. The van der Waals surface area contributed by atoms with Crippen LogP contribution in [-0.2, 0) is 9.59 Å². The van der Waals surface area contributed by atoms with Gasteiger partial charge < -0.3 is 10.3 Å². The average Bonchev–Trinajstić information content (AvgIpc) is 2.59. The molecule has 0 radical (unpaired) electrons. The summed E-state index contributed by atoms with van der Waals surface area (Å²) in [5, 5.41) is 4.60. The van der Waals surface area contributed by atoms with Crippen LogP contribution in [0, 0.1) is 0 Å². The van der Waals surface area contributed by atoms with E-state index in [0.717, 1.165) is 16.6 Å². The maximum Gasteiger partial charge on any atom is 0.292 e. The number of carbonyl (C=O) groups excluding carboxylic acids is 2. The minimum absolute atomic E-state index is 0. The topological polar surface area (TPSA) is 91.1 Å². The predicted octanol–water partition coefficient (Wildman–Crippen LogP) is 0.584. The summed E-state index contributed by atoms with van der Waals surface area (Å²) in [7, 11) is 0. The van der Waals surface area contributed by atoms with Gasteiger partial charge in [-0.1, -0.05) is 16.8 Å². The Bertz CT molecular complexity index is 461. The van der Waals surface area contributed by atoms with E-state index in [1.807, 2.05) is 0 Å². The van der Waals surface area contributed by atoms with Crippen LogP contribution in [0.3, 0.4) is 0 Å². The summed E-state index contributed by atoms with van der Waals surface area (Å²) >= 11 is 0.990. The Kier molecular flexibility index (Phi) is 3.68. The highest BCUT2D eigenvalue weighted by atomic mass is 35.5. The Morgan fingerprint density at radius 2 is 2.24 bits per heavy atom. The van der Waals surface area contributed by atoms with E-state index in [1.54, 1.807) is 13.8 Å². The summed E-state index contributed by atoms with van der Waals surface area (Å²) < 4.78 is 4.56. The fourth-order valence-corrected chi connectivity index (χ4v) is 2.28. The smallest absolute Gasteiger partial charge is 0.292 e. The SMILES string of the molecule is CC1(C)C(=O)SCC(=O)N1[n+]1cc([NH-])on1.Cl. The van der Waals surface area contributed by atoms with Gasteiger partial charge in [-0.3, -0.25) is 9.59 Å². The van der Waals surface area contributed by atoms with Gasteiger partial charge in [0.2, 0.25) is 10.4 Å². The third-order valence-electron chi connectivity index (χ3n) is 2.25. The first-order chi connectivity index (χ1) is 7.43. The minimum Gasteiger partial charge on any atom is -0.660 e. The number of carbonyl (C=O) groups is 2. The molecule has 17 heavy (non-hydrogen) atoms. The van der Waals surface area contributed by atoms with Gasteiger partial charge in [0.05, 0.1) is 10.5 Å². The Morgan fingerprint density at radius 3 is 2.76 bits per heavy atom. The Morgan fingerprint density at radius 1 is 1.59 bits per heavy atom. The lowest BCUT2D eigenvalue weighted by Crippen LogP contribution is -2.74. The van der Waals surface area contributed by atoms with E-state index in [4.69, 9.17) is 5.73 Å². The molecule has 0 aliphatic carbocycles. The second-order valence-corrected chi connectivity index (χ2v) is 4.78. The van der Waals surface area contributed by atoms with Crippen molar-refractivity contribution in [3.8, 4) is 0 Å². The Labute approximate surface area is 108 Å². The lowest BCUT2D eigenvalue weighted by Gasteiger charge is -2.31. The molecule has 1 saturated heterocycles. The van der Waals surface area contributed by atoms with Crippen LogP contribution in [0.25, 0.3) is 5.73 Å². The molecule has 2 heterocycles. The van der Waals surface area contributed by atoms with E-state index in [-0.39, 0.29) is 35.1 Å². The molecule has 1 aromatic rings. The first-order valence-corrected chi connectivity index (χ1v) is 5.52. The second-order valence-electron chi connectivity index (χ2n) is 3.83. The van der Waals surface area contributed by atoms with Gasteiger partial charge in [0, 0.05) is 0 Å². The van der Waals surface area contributed by atoms with Gasteiger partial charge in [0.1, 0.15) is 5.88 Å². The average molecular weight is 279 g/mol. The monoisotopic (exact) mass is 278 g/mol. The maximum atomic E-state index is 11.8. The van der Waals surface area contributed by atoms with E-state index in [1.165, 1.54) is 11.2 Å². The van der Waals surface area contributed by atoms with E-state index in [9.17, 15) is 9.59 Å². The number of nitrogens with zero attached hydrogens (tertiary/aromatic N) is 3. The van der Waals surface area contributed by atoms with E-state index >= 15 is 0 Å². The Hall–Kier alpha value is -1.28. The van der Waals surface area contributed by atoms with Gasteiger partial charge >= 0.3 is 0 Å². The van der Waals surface area contributed by atoms with Gasteiger partial charge in [-0.05, 0) is 13.8 Å². The van der Waals surface area contributed by atoms with Crippen molar-refractivity contribution >= 4 is 41.1 Å². The number of aromatic nitrogens is 2. The maximum absolute atomic E-state index is 11.8. The number of halogens is 1. The fraction of sp³-hybridized carbons (Fsp3) is 0.500.